The fraction of sp³-hybridized carbons (Fsp3) is 0.421. The Kier molecular flexibility index (Phi) is 4.65. The minimum absolute atomic E-state index is 0.154. The van der Waals surface area contributed by atoms with Crippen molar-refractivity contribution in [2.24, 2.45) is 5.73 Å². The molecule has 1 aromatic carbocycles. The third-order valence-electron chi connectivity index (χ3n) is 4.90. The number of hydrogen-bond acceptors (Lipinski definition) is 4. The lowest BCUT2D eigenvalue weighted by atomic mass is 10.1. The number of para-hydroxylation sites is 2. The number of thiophene rings is 1. The molecule has 0 spiro atoms. The summed E-state index contributed by atoms with van der Waals surface area (Å²) in [5.41, 5.74) is 8.78. The van der Waals surface area contributed by atoms with Gasteiger partial charge in [0.15, 0.2) is 0 Å². The first-order valence-electron chi connectivity index (χ1n) is 8.79. The molecule has 4 nitrogen and oxygen atoms in total. The van der Waals surface area contributed by atoms with Crippen LogP contribution in [0.1, 0.15) is 36.0 Å². The van der Waals surface area contributed by atoms with E-state index in [0.717, 1.165) is 24.4 Å². The Balaban J connectivity index is 1.65. The fourth-order valence-corrected chi connectivity index (χ4v) is 4.31. The van der Waals surface area contributed by atoms with Crippen LogP contribution in [0.15, 0.2) is 41.8 Å². The molecule has 1 unspecified atom stereocenters. The number of imidazole rings is 1. The Morgan fingerprint density at radius 3 is 2.67 bits per heavy atom. The average molecular weight is 340 g/mol. The second-order valence-electron chi connectivity index (χ2n) is 6.51. The molecule has 1 fully saturated rings. The number of likely N-dealkylation sites (tertiary alicyclic amines) is 1. The smallest absolute Gasteiger partial charge is 0.132 e. The minimum Gasteiger partial charge on any atom is -0.325 e. The number of aromatic nitrogens is 2. The van der Waals surface area contributed by atoms with Crippen LogP contribution in [-0.2, 0) is 6.54 Å². The van der Waals surface area contributed by atoms with Crippen LogP contribution in [0.2, 0.25) is 0 Å². The van der Waals surface area contributed by atoms with E-state index in [1.807, 2.05) is 6.07 Å². The van der Waals surface area contributed by atoms with Gasteiger partial charge in [0, 0.05) is 18.0 Å². The Hall–Kier alpha value is -1.69. The highest BCUT2D eigenvalue weighted by atomic mass is 32.1. The summed E-state index contributed by atoms with van der Waals surface area (Å²) in [4.78, 5) is 8.60. The van der Waals surface area contributed by atoms with E-state index in [4.69, 9.17) is 10.7 Å². The van der Waals surface area contributed by atoms with Gasteiger partial charge in [-0.3, -0.25) is 0 Å². The van der Waals surface area contributed by atoms with Crippen LogP contribution in [0.5, 0.6) is 0 Å². The normalized spacial score (nSPS) is 17.4. The van der Waals surface area contributed by atoms with Crippen molar-refractivity contribution in [1.82, 2.24) is 14.5 Å². The SMILES string of the molecule is NC(c1cccs1)c1nc2ccccc2n1CCN1CCCCC1. The molecule has 1 saturated heterocycles. The lowest BCUT2D eigenvalue weighted by Crippen LogP contribution is -2.33. The summed E-state index contributed by atoms with van der Waals surface area (Å²) in [5, 5.41) is 2.08. The van der Waals surface area contributed by atoms with E-state index < -0.39 is 0 Å². The number of benzene rings is 1. The molecule has 0 amide bonds. The van der Waals surface area contributed by atoms with Gasteiger partial charge >= 0.3 is 0 Å². The van der Waals surface area contributed by atoms with E-state index in [1.54, 1.807) is 11.3 Å². The molecule has 0 radical (unpaired) electrons. The molecule has 5 heteroatoms. The third kappa shape index (κ3) is 3.11. The molecule has 4 rings (SSSR count). The molecule has 0 aliphatic carbocycles. The maximum Gasteiger partial charge on any atom is 0.132 e. The number of fused-ring (bicyclic) bond motifs is 1. The minimum atomic E-state index is -0.154. The molecule has 3 heterocycles. The van der Waals surface area contributed by atoms with Crippen molar-refractivity contribution >= 4 is 22.4 Å². The van der Waals surface area contributed by atoms with Crippen LogP contribution >= 0.6 is 11.3 Å². The number of rotatable bonds is 5. The zero-order valence-corrected chi connectivity index (χ0v) is 14.7. The summed E-state index contributed by atoms with van der Waals surface area (Å²) in [6, 6.07) is 12.4. The molecular formula is C19H24N4S. The molecule has 3 aromatic rings. The lowest BCUT2D eigenvalue weighted by Gasteiger charge is -2.27. The van der Waals surface area contributed by atoms with E-state index in [9.17, 15) is 0 Å². The van der Waals surface area contributed by atoms with Crippen molar-refractivity contribution in [2.45, 2.75) is 31.8 Å². The number of nitrogens with two attached hydrogens (primary N) is 1. The standard InChI is InChI=1S/C19H24N4S/c20-18(17-9-6-14-24-17)19-21-15-7-2-3-8-16(15)23(19)13-12-22-10-4-1-5-11-22/h2-3,6-9,14,18H,1,4-5,10-13,20H2. The van der Waals surface area contributed by atoms with Crippen molar-refractivity contribution in [3.05, 3.63) is 52.5 Å². The maximum atomic E-state index is 6.55. The van der Waals surface area contributed by atoms with Crippen molar-refractivity contribution in [3.8, 4) is 0 Å². The summed E-state index contributed by atoms with van der Waals surface area (Å²) >= 11 is 1.70. The highest BCUT2D eigenvalue weighted by Crippen LogP contribution is 2.27. The molecule has 1 aliphatic rings. The van der Waals surface area contributed by atoms with Crippen molar-refractivity contribution < 1.29 is 0 Å². The van der Waals surface area contributed by atoms with Crippen LogP contribution in [-0.4, -0.2) is 34.1 Å². The molecule has 2 N–H and O–H groups in total. The molecule has 2 aromatic heterocycles. The predicted octanol–water partition coefficient (Wildman–Crippen LogP) is 3.63. The third-order valence-corrected chi connectivity index (χ3v) is 5.86. The monoisotopic (exact) mass is 340 g/mol. The van der Waals surface area contributed by atoms with Gasteiger partial charge in [0.25, 0.3) is 0 Å². The predicted molar refractivity (Wildman–Crippen MR) is 100 cm³/mol. The van der Waals surface area contributed by atoms with Gasteiger partial charge in [-0.2, -0.15) is 0 Å². The molecule has 0 bridgehead atoms. The first-order valence-corrected chi connectivity index (χ1v) is 9.67. The van der Waals surface area contributed by atoms with E-state index >= 15 is 0 Å². The largest absolute Gasteiger partial charge is 0.325 e. The second-order valence-corrected chi connectivity index (χ2v) is 7.49. The van der Waals surface area contributed by atoms with Gasteiger partial charge in [0.2, 0.25) is 0 Å². The average Bonchev–Trinajstić information content (AvgIpc) is 3.28. The number of piperidine rings is 1. The summed E-state index contributed by atoms with van der Waals surface area (Å²) in [7, 11) is 0. The summed E-state index contributed by atoms with van der Waals surface area (Å²) in [6.07, 6.45) is 4.03. The second kappa shape index (κ2) is 7.05. The van der Waals surface area contributed by atoms with Crippen molar-refractivity contribution in [1.29, 1.82) is 0 Å². The summed E-state index contributed by atoms with van der Waals surface area (Å²) in [5.74, 6) is 0.982. The number of nitrogens with zero attached hydrogens (tertiary/aromatic N) is 3. The van der Waals surface area contributed by atoms with E-state index in [2.05, 4.69) is 45.2 Å². The van der Waals surface area contributed by atoms with E-state index in [0.29, 0.717) is 0 Å². The zero-order valence-electron chi connectivity index (χ0n) is 13.9. The molecule has 1 aliphatic heterocycles. The van der Waals surface area contributed by atoms with Gasteiger partial charge in [-0.1, -0.05) is 24.6 Å². The molecule has 1 atom stereocenters. The zero-order chi connectivity index (χ0) is 16.4. The van der Waals surface area contributed by atoms with Crippen LogP contribution in [0.25, 0.3) is 11.0 Å². The number of hydrogen-bond donors (Lipinski definition) is 1. The maximum absolute atomic E-state index is 6.55. The Morgan fingerprint density at radius 2 is 1.88 bits per heavy atom. The first-order chi connectivity index (χ1) is 11.8. The topological polar surface area (TPSA) is 47.1 Å². The molecule has 126 valence electrons. The van der Waals surface area contributed by atoms with Crippen LogP contribution in [0.3, 0.4) is 0 Å². The molecule has 0 saturated carbocycles. The van der Waals surface area contributed by atoms with Gasteiger partial charge in [0.1, 0.15) is 5.82 Å². The molecular weight excluding hydrogens is 316 g/mol. The van der Waals surface area contributed by atoms with Gasteiger partial charge in [-0.15, -0.1) is 11.3 Å². The Morgan fingerprint density at radius 1 is 1.04 bits per heavy atom. The lowest BCUT2D eigenvalue weighted by molar-refractivity contribution is 0.220. The molecule has 24 heavy (non-hydrogen) atoms. The van der Waals surface area contributed by atoms with E-state index in [-0.39, 0.29) is 6.04 Å². The van der Waals surface area contributed by atoms with Crippen LogP contribution in [0.4, 0.5) is 0 Å². The van der Waals surface area contributed by atoms with Crippen molar-refractivity contribution in [3.63, 3.8) is 0 Å². The Bertz CT molecular complexity index is 787. The Labute approximate surface area is 146 Å². The van der Waals surface area contributed by atoms with E-state index in [1.165, 1.54) is 42.7 Å². The fourth-order valence-electron chi connectivity index (χ4n) is 3.59. The van der Waals surface area contributed by atoms with Gasteiger partial charge in [-0.05, 0) is 49.5 Å². The van der Waals surface area contributed by atoms with Gasteiger partial charge in [-0.25, -0.2) is 4.98 Å². The summed E-state index contributed by atoms with van der Waals surface area (Å²) < 4.78 is 2.33. The quantitative estimate of drug-likeness (QED) is 0.771. The van der Waals surface area contributed by atoms with Gasteiger partial charge in [0.05, 0.1) is 17.1 Å². The van der Waals surface area contributed by atoms with Crippen molar-refractivity contribution in [2.75, 3.05) is 19.6 Å². The first kappa shape index (κ1) is 15.8. The summed E-state index contributed by atoms with van der Waals surface area (Å²) in [6.45, 7) is 4.47. The highest BCUT2D eigenvalue weighted by molar-refractivity contribution is 7.10. The highest BCUT2D eigenvalue weighted by Gasteiger charge is 2.20. The van der Waals surface area contributed by atoms with Crippen LogP contribution in [0, 0.1) is 0 Å². The van der Waals surface area contributed by atoms with Gasteiger partial charge < -0.3 is 15.2 Å². The van der Waals surface area contributed by atoms with Crippen LogP contribution < -0.4 is 5.73 Å².